The molecule has 32 heavy (non-hydrogen) atoms. The van der Waals surface area contributed by atoms with E-state index in [0.717, 1.165) is 18.3 Å². The van der Waals surface area contributed by atoms with Gasteiger partial charge >= 0.3 is 12.5 Å². The second kappa shape index (κ2) is 8.55. The number of halogens is 6. The zero-order valence-corrected chi connectivity index (χ0v) is 16.3. The van der Waals surface area contributed by atoms with Crippen molar-refractivity contribution in [2.24, 2.45) is 5.16 Å². The second-order valence-corrected chi connectivity index (χ2v) is 6.84. The maximum Gasteiger partial charge on any atom is 0.573 e. The molecule has 13 heteroatoms. The van der Waals surface area contributed by atoms with Crippen LogP contribution in [-0.2, 0) is 10.4 Å². The largest absolute Gasteiger partial charge is 0.573 e. The zero-order valence-electron chi connectivity index (χ0n) is 16.3. The van der Waals surface area contributed by atoms with E-state index in [1.54, 1.807) is 12.2 Å². The number of nitrogens with one attached hydrogen (secondary N) is 1. The Kier molecular flexibility index (Phi) is 6.19. The van der Waals surface area contributed by atoms with Crippen molar-refractivity contribution in [2.75, 3.05) is 6.54 Å². The van der Waals surface area contributed by atoms with Crippen molar-refractivity contribution >= 4 is 11.8 Å². The molecule has 1 atom stereocenters. The lowest BCUT2D eigenvalue weighted by Gasteiger charge is -2.21. The van der Waals surface area contributed by atoms with E-state index in [2.05, 4.69) is 14.9 Å². The first kappa shape index (κ1) is 23.2. The molecule has 0 saturated carbocycles. The van der Waals surface area contributed by atoms with Gasteiger partial charge in [-0.3, -0.25) is 4.79 Å². The van der Waals surface area contributed by atoms with Crippen molar-refractivity contribution in [1.82, 2.24) is 10.3 Å². The lowest BCUT2D eigenvalue weighted by Crippen LogP contribution is -2.34. The molecule has 1 amide bonds. The fourth-order valence-corrected chi connectivity index (χ4v) is 2.71. The number of ether oxygens (including phenoxy) is 2. The van der Waals surface area contributed by atoms with Gasteiger partial charge in [0.2, 0.25) is 5.90 Å². The first-order valence-corrected chi connectivity index (χ1v) is 8.93. The number of hydrogen-bond acceptors (Lipinski definition) is 6. The summed E-state index contributed by atoms with van der Waals surface area (Å²) < 4.78 is 82.7. The van der Waals surface area contributed by atoms with Gasteiger partial charge in [-0.2, -0.15) is 13.2 Å². The van der Waals surface area contributed by atoms with Gasteiger partial charge in [0.25, 0.3) is 5.91 Å². The minimum absolute atomic E-state index is 0.124. The maximum atomic E-state index is 12.3. The highest BCUT2D eigenvalue weighted by molar-refractivity contribution is 5.92. The van der Waals surface area contributed by atoms with Gasteiger partial charge in [0, 0.05) is 0 Å². The maximum absolute atomic E-state index is 12.3. The summed E-state index contributed by atoms with van der Waals surface area (Å²) in [5, 5.41) is 5.50. The average Bonchev–Trinajstić information content (AvgIpc) is 3.07. The SMILES string of the molecule is C[C@]1(c2ccc(OC(F)(F)F)cc2)CC(Oc2ccc(C(=O)NCC(F)(F)F)nc2)=NO1. The van der Waals surface area contributed by atoms with Crippen molar-refractivity contribution < 1.29 is 45.4 Å². The molecule has 1 aromatic heterocycles. The molecule has 0 bridgehead atoms. The molecule has 7 nitrogen and oxygen atoms in total. The number of pyridine rings is 1. The Morgan fingerprint density at radius 2 is 1.75 bits per heavy atom. The van der Waals surface area contributed by atoms with Crippen LogP contribution < -0.4 is 14.8 Å². The van der Waals surface area contributed by atoms with Gasteiger partial charge in [-0.25, -0.2) is 4.98 Å². The second-order valence-electron chi connectivity index (χ2n) is 6.84. The van der Waals surface area contributed by atoms with Gasteiger partial charge in [-0.15, -0.1) is 13.2 Å². The van der Waals surface area contributed by atoms with Crippen molar-refractivity contribution in [3.63, 3.8) is 0 Å². The molecule has 0 saturated heterocycles. The van der Waals surface area contributed by atoms with E-state index in [1.807, 2.05) is 0 Å². The third kappa shape index (κ3) is 6.25. The Morgan fingerprint density at radius 3 is 2.31 bits per heavy atom. The molecule has 2 heterocycles. The molecule has 1 aliphatic heterocycles. The summed E-state index contributed by atoms with van der Waals surface area (Å²) >= 11 is 0. The Bertz CT molecular complexity index is 990. The molecule has 0 radical (unpaired) electrons. The minimum atomic E-state index is -4.80. The standard InChI is InChI=1S/C19H15F6N3O4/c1-17(11-2-4-12(5-3-11)31-19(23,24)25)8-15(28-32-17)30-13-6-7-14(26-9-13)16(29)27-10-18(20,21)22/h2-7,9H,8,10H2,1H3,(H,27,29)/t17-/m1/s1. The van der Waals surface area contributed by atoms with Crippen LogP contribution in [0.2, 0.25) is 0 Å². The minimum Gasteiger partial charge on any atom is -0.438 e. The molecule has 1 aromatic carbocycles. The number of rotatable bonds is 5. The Morgan fingerprint density at radius 1 is 1.09 bits per heavy atom. The number of carbonyl (C=O) groups is 1. The third-order valence-electron chi connectivity index (χ3n) is 4.19. The molecule has 0 spiro atoms. The predicted molar refractivity (Wildman–Crippen MR) is 96.9 cm³/mol. The summed E-state index contributed by atoms with van der Waals surface area (Å²) in [7, 11) is 0. The summed E-state index contributed by atoms with van der Waals surface area (Å²) in [4.78, 5) is 20.8. The molecule has 0 fully saturated rings. The van der Waals surface area contributed by atoms with E-state index >= 15 is 0 Å². The van der Waals surface area contributed by atoms with Crippen molar-refractivity contribution in [2.45, 2.75) is 31.5 Å². The number of aromatic nitrogens is 1. The summed E-state index contributed by atoms with van der Waals surface area (Å²) in [5.41, 5.74) is -0.738. The normalized spacial score (nSPS) is 18.5. The van der Waals surface area contributed by atoms with E-state index in [0.29, 0.717) is 5.56 Å². The summed E-state index contributed by atoms with van der Waals surface area (Å²) in [6.45, 7) is 0.167. The van der Waals surface area contributed by atoms with E-state index in [1.165, 1.54) is 24.3 Å². The molecule has 1 N–H and O–H groups in total. The number of carbonyl (C=O) groups excluding carboxylic acids is 1. The molecular formula is C19H15F6N3O4. The highest BCUT2D eigenvalue weighted by atomic mass is 19.4. The number of alkyl halides is 6. The summed E-state index contributed by atoms with van der Waals surface area (Å²) in [6.07, 6.45) is -8.09. The van der Waals surface area contributed by atoms with E-state index in [-0.39, 0.29) is 29.5 Å². The first-order chi connectivity index (χ1) is 14.8. The summed E-state index contributed by atoms with van der Waals surface area (Å²) in [5.74, 6) is -1.11. The van der Waals surface area contributed by atoms with Gasteiger partial charge in [0.1, 0.15) is 23.7 Å². The van der Waals surface area contributed by atoms with Crippen LogP contribution in [0, 0.1) is 0 Å². The van der Waals surface area contributed by atoms with Crippen LogP contribution in [0.1, 0.15) is 29.4 Å². The zero-order chi connectivity index (χ0) is 23.6. The highest BCUT2D eigenvalue weighted by Crippen LogP contribution is 2.36. The molecule has 172 valence electrons. The fourth-order valence-electron chi connectivity index (χ4n) is 2.71. The number of benzene rings is 1. The number of oxime groups is 1. The number of hydrogen-bond donors (Lipinski definition) is 1. The monoisotopic (exact) mass is 463 g/mol. The van der Waals surface area contributed by atoms with Crippen LogP contribution in [0.5, 0.6) is 11.5 Å². The van der Waals surface area contributed by atoms with E-state index < -0.39 is 30.6 Å². The predicted octanol–water partition coefficient (Wildman–Crippen LogP) is 4.30. The molecule has 2 aromatic rings. The number of nitrogens with zero attached hydrogens (tertiary/aromatic N) is 2. The average molecular weight is 463 g/mol. The first-order valence-electron chi connectivity index (χ1n) is 8.93. The van der Waals surface area contributed by atoms with Crippen molar-refractivity contribution in [3.05, 3.63) is 53.9 Å². The smallest absolute Gasteiger partial charge is 0.438 e. The Hall–Kier alpha value is -3.51. The van der Waals surface area contributed by atoms with Crippen LogP contribution in [0.4, 0.5) is 26.3 Å². The van der Waals surface area contributed by atoms with Crippen LogP contribution in [0.3, 0.4) is 0 Å². The number of amides is 1. The molecule has 1 aliphatic rings. The topological polar surface area (TPSA) is 82.0 Å². The van der Waals surface area contributed by atoms with Gasteiger partial charge in [-0.05, 0) is 36.8 Å². The fraction of sp³-hybridized carbons (Fsp3) is 0.316. The highest BCUT2D eigenvalue weighted by Gasteiger charge is 2.38. The van der Waals surface area contributed by atoms with Gasteiger partial charge in [0.15, 0.2) is 5.60 Å². The lowest BCUT2D eigenvalue weighted by molar-refractivity contribution is -0.274. The van der Waals surface area contributed by atoms with Crippen LogP contribution in [-0.4, -0.2) is 35.9 Å². The van der Waals surface area contributed by atoms with Gasteiger partial charge < -0.3 is 19.6 Å². The van der Waals surface area contributed by atoms with Gasteiger partial charge in [-0.1, -0.05) is 17.3 Å². The van der Waals surface area contributed by atoms with Gasteiger partial charge in [0.05, 0.1) is 12.6 Å². The quantitative estimate of drug-likeness (QED) is 0.669. The van der Waals surface area contributed by atoms with Crippen molar-refractivity contribution in [3.8, 4) is 11.5 Å². The molecule has 0 aliphatic carbocycles. The molecular weight excluding hydrogens is 448 g/mol. The Balaban J connectivity index is 1.58. The third-order valence-corrected chi connectivity index (χ3v) is 4.19. The van der Waals surface area contributed by atoms with Crippen molar-refractivity contribution in [1.29, 1.82) is 0 Å². The lowest BCUT2D eigenvalue weighted by atomic mass is 9.93. The van der Waals surface area contributed by atoms with E-state index in [9.17, 15) is 31.1 Å². The molecule has 0 unspecified atom stereocenters. The Labute approximate surface area is 177 Å². The summed E-state index contributed by atoms with van der Waals surface area (Å²) in [6, 6.07) is 7.57. The molecule has 3 rings (SSSR count). The van der Waals surface area contributed by atoms with E-state index in [4.69, 9.17) is 9.57 Å². The van der Waals surface area contributed by atoms with Crippen LogP contribution in [0.15, 0.2) is 47.8 Å². The van der Waals surface area contributed by atoms with Crippen LogP contribution in [0.25, 0.3) is 0 Å². The van der Waals surface area contributed by atoms with Crippen LogP contribution >= 0.6 is 0 Å².